The molecule has 0 bridgehead atoms. The summed E-state index contributed by atoms with van der Waals surface area (Å²) in [6, 6.07) is 5.23. The van der Waals surface area contributed by atoms with Gasteiger partial charge in [0.25, 0.3) is 0 Å². The molecule has 0 aliphatic heterocycles. The molecule has 1 aromatic rings. The van der Waals surface area contributed by atoms with E-state index in [1.54, 1.807) is 0 Å². The lowest BCUT2D eigenvalue weighted by molar-refractivity contribution is -0.136. The van der Waals surface area contributed by atoms with Gasteiger partial charge in [0, 0.05) is 12.2 Å². The first-order chi connectivity index (χ1) is 9.20. The summed E-state index contributed by atoms with van der Waals surface area (Å²) in [6.07, 6.45) is -0.770. The summed E-state index contributed by atoms with van der Waals surface area (Å²) in [4.78, 5) is 23.1. The quantitative estimate of drug-likeness (QED) is 0.731. The van der Waals surface area contributed by atoms with Crippen molar-refractivity contribution in [2.24, 2.45) is 5.41 Å². The molecule has 0 heterocycles. The highest BCUT2D eigenvalue weighted by Crippen LogP contribution is 2.18. The highest BCUT2D eigenvalue weighted by Gasteiger charge is 2.23. The number of benzene rings is 1. The Balaban J connectivity index is 2.50. The Kier molecular flexibility index (Phi) is 5.21. The summed E-state index contributed by atoms with van der Waals surface area (Å²) >= 11 is 0. The van der Waals surface area contributed by atoms with Gasteiger partial charge in [-0.05, 0) is 23.6 Å². The monoisotopic (exact) mass is 282 g/mol. The summed E-state index contributed by atoms with van der Waals surface area (Å²) in [7, 11) is 0. The molecule has 110 valence electrons. The van der Waals surface area contributed by atoms with Crippen LogP contribution in [0.25, 0.3) is 0 Å². The molecule has 1 rings (SSSR count). The van der Waals surface area contributed by atoms with E-state index in [0.717, 1.165) is 6.07 Å². The van der Waals surface area contributed by atoms with Crippen molar-refractivity contribution in [2.45, 2.75) is 26.9 Å². The first kappa shape index (κ1) is 16.1. The van der Waals surface area contributed by atoms with Gasteiger partial charge >= 0.3 is 11.8 Å². The Labute approximate surface area is 117 Å². The van der Waals surface area contributed by atoms with Crippen molar-refractivity contribution in [3.05, 3.63) is 30.1 Å². The second kappa shape index (κ2) is 6.47. The predicted molar refractivity (Wildman–Crippen MR) is 73.5 cm³/mol. The fourth-order valence-electron chi connectivity index (χ4n) is 1.33. The van der Waals surface area contributed by atoms with E-state index in [9.17, 15) is 19.1 Å². The zero-order chi connectivity index (χ0) is 15.3. The molecule has 0 aliphatic rings. The van der Waals surface area contributed by atoms with Crippen LogP contribution in [0.2, 0.25) is 0 Å². The molecule has 0 unspecified atom stereocenters. The van der Waals surface area contributed by atoms with Gasteiger partial charge in [0.1, 0.15) is 5.82 Å². The molecule has 2 amide bonds. The fraction of sp³-hybridized carbons (Fsp3) is 0.429. The van der Waals surface area contributed by atoms with Crippen LogP contribution in [-0.4, -0.2) is 29.6 Å². The van der Waals surface area contributed by atoms with Crippen molar-refractivity contribution in [1.29, 1.82) is 0 Å². The van der Waals surface area contributed by atoms with Gasteiger partial charge in [-0.3, -0.25) is 9.59 Å². The van der Waals surface area contributed by atoms with Crippen molar-refractivity contribution in [2.75, 3.05) is 11.9 Å². The molecule has 0 spiro atoms. The number of amides is 2. The number of halogens is 1. The zero-order valence-electron chi connectivity index (χ0n) is 11.7. The predicted octanol–water partition coefficient (Wildman–Crippen LogP) is 1.29. The molecule has 20 heavy (non-hydrogen) atoms. The molecule has 0 fully saturated rings. The molecule has 1 aromatic carbocycles. The van der Waals surface area contributed by atoms with E-state index in [2.05, 4.69) is 10.6 Å². The van der Waals surface area contributed by atoms with E-state index in [1.807, 2.05) is 20.8 Å². The molecule has 6 heteroatoms. The van der Waals surface area contributed by atoms with Crippen molar-refractivity contribution in [1.82, 2.24) is 5.32 Å². The van der Waals surface area contributed by atoms with Crippen LogP contribution in [0.15, 0.2) is 24.3 Å². The maximum absolute atomic E-state index is 12.9. The van der Waals surface area contributed by atoms with Crippen LogP contribution in [0, 0.1) is 11.2 Å². The first-order valence-electron chi connectivity index (χ1n) is 6.23. The summed E-state index contributed by atoms with van der Waals surface area (Å²) in [5, 5.41) is 14.3. The molecular formula is C14H19FN2O3. The molecule has 0 saturated heterocycles. The topological polar surface area (TPSA) is 78.4 Å². The van der Waals surface area contributed by atoms with Gasteiger partial charge in [-0.25, -0.2) is 4.39 Å². The molecule has 1 atom stereocenters. The summed E-state index contributed by atoms with van der Waals surface area (Å²) in [5.74, 6) is -2.29. The van der Waals surface area contributed by atoms with Crippen LogP contribution >= 0.6 is 0 Å². The third-order valence-corrected chi connectivity index (χ3v) is 2.74. The van der Waals surface area contributed by atoms with Crippen molar-refractivity contribution in [3.8, 4) is 0 Å². The van der Waals surface area contributed by atoms with Gasteiger partial charge in [-0.15, -0.1) is 0 Å². The molecule has 0 saturated carbocycles. The number of nitrogens with one attached hydrogen (secondary N) is 2. The Bertz CT molecular complexity index is 497. The molecule has 0 radical (unpaired) electrons. The lowest BCUT2D eigenvalue weighted by atomic mass is 9.89. The minimum Gasteiger partial charge on any atom is -0.391 e. The lowest BCUT2D eigenvalue weighted by Crippen LogP contribution is -2.43. The van der Waals surface area contributed by atoms with Gasteiger partial charge in [0.2, 0.25) is 0 Å². The summed E-state index contributed by atoms with van der Waals surface area (Å²) in [5.41, 5.74) is -0.201. The summed E-state index contributed by atoms with van der Waals surface area (Å²) in [6.45, 7) is 5.42. The largest absolute Gasteiger partial charge is 0.391 e. The molecular weight excluding hydrogens is 263 g/mol. The Morgan fingerprint density at radius 2 is 1.95 bits per heavy atom. The normalized spacial score (nSPS) is 12.7. The zero-order valence-corrected chi connectivity index (χ0v) is 11.7. The maximum Gasteiger partial charge on any atom is 0.313 e. The third kappa shape index (κ3) is 4.97. The number of hydrogen-bond donors (Lipinski definition) is 3. The summed E-state index contributed by atoms with van der Waals surface area (Å²) < 4.78 is 12.9. The molecule has 0 aromatic heterocycles. The number of aliphatic hydroxyl groups excluding tert-OH is 1. The van der Waals surface area contributed by atoms with Crippen LogP contribution < -0.4 is 10.6 Å². The molecule has 0 aliphatic carbocycles. The Hall–Kier alpha value is -1.95. The van der Waals surface area contributed by atoms with Gasteiger partial charge in [-0.2, -0.15) is 0 Å². The van der Waals surface area contributed by atoms with Crippen LogP contribution in [0.3, 0.4) is 0 Å². The van der Waals surface area contributed by atoms with E-state index in [-0.39, 0.29) is 12.2 Å². The van der Waals surface area contributed by atoms with Gasteiger partial charge in [0.15, 0.2) is 0 Å². The van der Waals surface area contributed by atoms with Crippen molar-refractivity contribution >= 4 is 17.5 Å². The first-order valence-corrected chi connectivity index (χ1v) is 6.23. The number of carbonyl (C=O) groups excluding carboxylic acids is 2. The van der Waals surface area contributed by atoms with Crippen molar-refractivity contribution < 1.29 is 19.1 Å². The van der Waals surface area contributed by atoms with E-state index in [1.165, 1.54) is 18.2 Å². The minimum absolute atomic E-state index is 0.0289. The van der Waals surface area contributed by atoms with E-state index in [4.69, 9.17) is 0 Å². The number of rotatable bonds is 3. The molecule has 3 N–H and O–H groups in total. The van der Waals surface area contributed by atoms with Crippen LogP contribution in [0.5, 0.6) is 0 Å². The number of carbonyl (C=O) groups is 2. The average Bonchev–Trinajstić information content (AvgIpc) is 2.34. The standard InChI is InChI=1S/C14H19FN2O3/c1-14(2,3)11(18)8-16-12(19)13(20)17-10-6-4-5-9(15)7-10/h4-7,11,18H,8H2,1-3H3,(H,16,19)(H,17,20)/t11-/m1/s1. The fourth-order valence-corrected chi connectivity index (χ4v) is 1.33. The number of anilines is 1. The van der Waals surface area contributed by atoms with E-state index < -0.39 is 29.2 Å². The van der Waals surface area contributed by atoms with Crippen LogP contribution in [0.1, 0.15) is 20.8 Å². The van der Waals surface area contributed by atoms with Crippen LogP contribution in [0.4, 0.5) is 10.1 Å². The minimum atomic E-state index is -0.906. The number of hydrogen-bond acceptors (Lipinski definition) is 3. The second-order valence-corrected chi connectivity index (χ2v) is 5.56. The van der Waals surface area contributed by atoms with E-state index >= 15 is 0 Å². The van der Waals surface area contributed by atoms with Gasteiger partial charge in [0.05, 0.1) is 6.10 Å². The van der Waals surface area contributed by atoms with Gasteiger partial charge < -0.3 is 15.7 Å². The smallest absolute Gasteiger partial charge is 0.313 e. The SMILES string of the molecule is CC(C)(C)[C@H](O)CNC(=O)C(=O)Nc1cccc(F)c1. The van der Waals surface area contributed by atoms with Crippen molar-refractivity contribution in [3.63, 3.8) is 0 Å². The van der Waals surface area contributed by atoms with Crippen LogP contribution in [-0.2, 0) is 9.59 Å². The van der Waals surface area contributed by atoms with E-state index in [0.29, 0.717) is 0 Å². The highest BCUT2D eigenvalue weighted by molar-refractivity contribution is 6.39. The maximum atomic E-state index is 12.9. The average molecular weight is 282 g/mol. The Morgan fingerprint density at radius 3 is 2.50 bits per heavy atom. The number of aliphatic hydroxyl groups is 1. The lowest BCUT2D eigenvalue weighted by Gasteiger charge is -2.25. The second-order valence-electron chi connectivity index (χ2n) is 5.56. The van der Waals surface area contributed by atoms with Gasteiger partial charge in [-0.1, -0.05) is 26.8 Å². The molecule has 5 nitrogen and oxygen atoms in total. The third-order valence-electron chi connectivity index (χ3n) is 2.74. The Morgan fingerprint density at radius 1 is 1.30 bits per heavy atom. The highest BCUT2D eigenvalue weighted by atomic mass is 19.1.